The van der Waals surface area contributed by atoms with Crippen molar-refractivity contribution in [3.05, 3.63) is 57.3 Å². The number of hydrogen-bond donors (Lipinski definition) is 1. The van der Waals surface area contributed by atoms with Gasteiger partial charge in [-0.25, -0.2) is 14.4 Å². The molecule has 170 valence electrons. The number of carbonyl (C=O) groups is 1. The van der Waals surface area contributed by atoms with Gasteiger partial charge in [0.05, 0.1) is 23.5 Å². The molecule has 2 N–H and O–H groups in total. The molecule has 3 heterocycles. The Balaban J connectivity index is 1.57. The van der Waals surface area contributed by atoms with E-state index in [9.17, 15) is 9.18 Å². The monoisotopic (exact) mass is 464 g/mol. The third kappa shape index (κ3) is 4.66. The lowest BCUT2D eigenvalue weighted by Crippen LogP contribution is -2.37. The number of anilines is 2. The zero-order valence-electron chi connectivity index (χ0n) is 18.6. The second-order valence-corrected chi connectivity index (χ2v) is 8.98. The van der Waals surface area contributed by atoms with E-state index in [4.69, 9.17) is 16.0 Å². The summed E-state index contributed by atoms with van der Waals surface area (Å²) in [6.45, 7) is 5.28. The molecule has 1 aromatic heterocycles. The van der Waals surface area contributed by atoms with Gasteiger partial charge in [0.2, 0.25) is 0 Å². The van der Waals surface area contributed by atoms with E-state index in [0.717, 1.165) is 22.1 Å². The summed E-state index contributed by atoms with van der Waals surface area (Å²) >= 11 is 1.36. The number of alkyl halides is 1. The Hall–Kier alpha value is -3.51. The molecule has 33 heavy (non-hydrogen) atoms. The normalized spacial score (nSPS) is 19.3. The second-order valence-electron chi connectivity index (χ2n) is 7.98. The van der Waals surface area contributed by atoms with E-state index < -0.39 is 6.17 Å². The molecule has 1 atom stereocenters. The second kappa shape index (κ2) is 9.55. The van der Waals surface area contributed by atoms with Crippen molar-refractivity contribution in [2.45, 2.75) is 32.9 Å². The minimum Gasteiger partial charge on any atom is -0.398 e. The quantitative estimate of drug-likeness (QED) is 0.407. The number of carbonyl (C=O) groups excluding carboxylic acids is 1. The summed E-state index contributed by atoms with van der Waals surface area (Å²) in [5.74, 6) is 0.605. The van der Waals surface area contributed by atoms with Crippen molar-refractivity contribution in [1.29, 1.82) is 5.26 Å². The van der Waals surface area contributed by atoms with Crippen LogP contribution in [-0.2, 0) is 6.42 Å². The SMILES string of the molecule is C\C=N/C(=C\C=C(/C)c1nc2c(s1)C(=O)N(c1ccc(C#N)c(N)c1)CC2)N1CCC(F)C1. The number of nitrogen functional groups attached to an aromatic ring is 1. The Morgan fingerprint density at radius 2 is 2.21 bits per heavy atom. The summed E-state index contributed by atoms with van der Waals surface area (Å²) in [6, 6.07) is 7.07. The summed E-state index contributed by atoms with van der Waals surface area (Å²) in [6.07, 6.45) is 5.82. The lowest BCUT2D eigenvalue weighted by Gasteiger charge is -2.26. The van der Waals surface area contributed by atoms with E-state index in [1.807, 2.05) is 37.0 Å². The number of allylic oxidation sites excluding steroid dienone is 3. The van der Waals surface area contributed by atoms with Gasteiger partial charge in [-0.15, -0.1) is 11.3 Å². The van der Waals surface area contributed by atoms with Gasteiger partial charge in [0, 0.05) is 31.4 Å². The number of fused-ring (bicyclic) bond motifs is 1. The average Bonchev–Trinajstić information content (AvgIpc) is 3.43. The maximum absolute atomic E-state index is 13.6. The Kier molecular flexibility index (Phi) is 6.56. The van der Waals surface area contributed by atoms with Crippen LogP contribution >= 0.6 is 11.3 Å². The molecule has 1 unspecified atom stereocenters. The van der Waals surface area contributed by atoms with Crippen LogP contribution in [0.2, 0.25) is 0 Å². The lowest BCUT2D eigenvalue weighted by atomic mass is 10.1. The van der Waals surface area contributed by atoms with Crippen molar-refractivity contribution < 1.29 is 9.18 Å². The van der Waals surface area contributed by atoms with Crippen molar-refractivity contribution in [1.82, 2.24) is 9.88 Å². The van der Waals surface area contributed by atoms with E-state index in [0.29, 0.717) is 54.3 Å². The third-order valence-corrected chi connectivity index (χ3v) is 6.93. The molecule has 2 aliphatic heterocycles. The van der Waals surface area contributed by atoms with Crippen LogP contribution in [0.5, 0.6) is 0 Å². The van der Waals surface area contributed by atoms with Gasteiger partial charge >= 0.3 is 0 Å². The minimum absolute atomic E-state index is 0.116. The predicted molar refractivity (Wildman–Crippen MR) is 130 cm³/mol. The topological polar surface area (TPSA) is 98.6 Å². The van der Waals surface area contributed by atoms with Crippen molar-refractivity contribution in [2.24, 2.45) is 4.99 Å². The van der Waals surface area contributed by atoms with Gasteiger partial charge < -0.3 is 15.5 Å². The molecular weight excluding hydrogens is 439 g/mol. The zero-order valence-corrected chi connectivity index (χ0v) is 19.4. The standard InChI is InChI=1S/C24H25FN6OS/c1-3-28-21(30-10-8-17(25)14-30)7-4-15(2)23-29-20-9-11-31(24(32)22(20)33-23)18-6-5-16(13-26)19(27)12-18/h3-7,12,17H,8-11,14,27H2,1-2H3/b15-4+,21-7+,28-3-. The molecule has 1 aromatic carbocycles. The summed E-state index contributed by atoms with van der Waals surface area (Å²) in [4.78, 5) is 26.5. The molecule has 1 amide bonds. The first-order chi connectivity index (χ1) is 15.9. The molecule has 0 aliphatic carbocycles. The predicted octanol–water partition coefficient (Wildman–Crippen LogP) is 4.18. The van der Waals surface area contributed by atoms with E-state index in [-0.39, 0.29) is 5.91 Å². The van der Waals surface area contributed by atoms with Crippen LogP contribution in [0.4, 0.5) is 15.8 Å². The molecule has 0 bridgehead atoms. The van der Waals surface area contributed by atoms with Crippen LogP contribution in [0, 0.1) is 11.3 Å². The molecule has 4 rings (SSSR count). The molecule has 7 nitrogen and oxygen atoms in total. The summed E-state index contributed by atoms with van der Waals surface area (Å²) in [5, 5.41) is 9.86. The zero-order chi connectivity index (χ0) is 23.5. The first-order valence-electron chi connectivity index (χ1n) is 10.8. The highest BCUT2D eigenvalue weighted by atomic mass is 32.1. The smallest absolute Gasteiger partial charge is 0.270 e. The molecule has 2 aromatic rings. The molecule has 9 heteroatoms. The number of rotatable bonds is 5. The van der Waals surface area contributed by atoms with Gasteiger partial charge in [-0.2, -0.15) is 5.26 Å². The number of nitrogens with two attached hydrogens (primary N) is 1. The fourth-order valence-corrected chi connectivity index (χ4v) is 4.97. The number of thiazole rings is 1. The average molecular weight is 465 g/mol. The summed E-state index contributed by atoms with van der Waals surface area (Å²) in [7, 11) is 0. The Bertz CT molecular complexity index is 1210. The fraction of sp³-hybridized carbons (Fsp3) is 0.333. The van der Waals surface area contributed by atoms with Gasteiger partial charge in [0.25, 0.3) is 5.91 Å². The largest absolute Gasteiger partial charge is 0.398 e. The summed E-state index contributed by atoms with van der Waals surface area (Å²) in [5.41, 5.74) is 9.06. The van der Waals surface area contributed by atoms with E-state index in [1.54, 1.807) is 29.3 Å². The van der Waals surface area contributed by atoms with E-state index in [1.165, 1.54) is 11.3 Å². The maximum atomic E-state index is 13.6. The van der Waals surface area contributed by atoms with Crippen LogP contribution in [0.1, 0.15) is 46.2 Å². The number of benzene rings is 1. The molecule has 0 radical (unpaired) electrons. The van der Waals surface area contributed by atoms with Gasteiger partial charge in [-0.1, -0.05) is 6.08 Å². The highest BCUT2D eigenvalue weighted by Gasteiger charge is 2.30. The summed E-state index contributed by atoms with van der Waals surface area (Å²) < 4.78 is 13.6. The Labute approximate surface area is 196 Å². The van der Waals surface area contributed by atoms with Crippen LogP contribution in [0.25, 0.3) is 5.57 Å². The molecule has 0 spiro atoms. The maximum Gasteiger partial charge on any atom is 0.270 e. The van der Waals surface area contributed by atoms with Crippen molar-refractivity contribution >= 4 is 40.4 Å². The number of nitriles is 1. The fourth-order valence-electron chi connectivity index (χ4n) is 3.92. The van der Waals surface area contributed by atoms with Crippen LogP contribution in [-0.4, -0.2) is 47.8 Å². The van der Waals surface area contributed by atoms with E-state index >= 15 is 0 Å². The number of likely N-dealkylation sites (tertiary alicyclic amines) is 1. The molecular formula is C24H25FN6OS. The van der Waals surface area contributed by atoms with Crippen molar-refractivity contribution in [2.75, 3.05) is 30.3 Å². The van der Waals surface area contributed by atoms with Crippen molar-refractivity contribution in [3.63, 3.8) is 0 Å². The third-order valence-electron chi connectivity index (χ3n) is 5.71. The number of aliphatic imine (C=N–C) groups is 1. The first-order valence-corrected chi connectivity index (χ1v) is 11.6. The number of nitrogens with zero attached hydrogens (tertiary/aromatic N) is 5. The van der Waals surface area contributed by atoms with Crippen LogP contribution in [0.15, 0.2) is 41.2 Å². The molecule has 1 fully saturated rings. The lowest BCUT2D eigenvalue weighted by molar-refractivity contribution is 0.0984. The Morgan fingerprint density at radius 1 is 1.39 bits per heavy atom. The number of amides is 1. The number of aromatic nitrogens is 1. The van der Waals surface area contributed by atoms with Gasteiger partial charge in [0.15, 0.2) is 0 Å². The Morgan fingerprint density at radius 3 is 2.88 bits per heavy atom. The van der Waals surface area contributed by atoms with Gasteiger partial charge in [-0.05, 0) is 50.1 Å². The van der Waals surface area contributed by atoms with E-state index in [2.05, 4.69) is 4.99 Å². The van der Waals surface area contributed by atoms with Crippen LogP contribution < -0.4 is 10.6 Å². The number of halogens is 1. The highest BCUT2D eigenvalue weighted by molar-refractivity contribution is 7.15. The molecule has 2 aliphatic rings. The van der Waals surface area contributed by atoms with Crippen LogP contribution in [0.3, 0.4) is 0 Å². The minimum atomic E-state index is -0.823. The van der Waals surface area contributed by atoms with Gasteiger partial charge in [-0.3, -0.25) is 4.79 Å². The van der Waals surface area contributed by atoms with Crippen molar-refractivity contribution in [3.8, 4) is 6.07 Å². The number of hydrogen-bond acceptors (Lipinski definition) is 7. The molecule has 0 saturated carbocycles. The van der Waals surface area contributed by atoms with Gasteiger partial charge in [0.1, 0.15) is 27.9 Å². The molecule has 1 saturated heterocycles. The highest BCUT2D eigenvalue weighted by Crippen LogP contribution is 2.32. The first kappa shape index (κ1) is 22.7.